The molecular formula is C16H17F3N4O2. The lowest BCUT2D eigenvalue weighted by atomic mass is 10.2. The Bertz CT molecular complexity index is 780. The first kappa shape index (κ1) is 17.2. The summed E-state index contributed by atoms with van der Waals surface area (Å²) in [5.74, 6) is 1.31. The van der Waals surface area contributed by atoms with Gasteiger partial charge in [-0.25, -0.2) is 9.97 Å². The Labute approximate surface area is 142 Å². The van der Waals surface area contributed by atoms with Crippen molar-refractivity contribution in [3.05, 3.63) is 41.2 Å². The monoisotopic (exact) mass is 354 g/mol. The Morgan fingerprint density at radius 2 is 1.80 bits per heavy atom. The predicted octanol–water partition coefficient (Wildman–Crippen LogP) is 2.67. The van der Waals surface area contributed by atoms with E-state index >= 15 is 0 Å². The van der Waals surface area contributed by atoms with Crippen LogP contribution in [0.5, 0.6) is 0 Å². The van der Waals surface area contributed by atoms with Gasteiger partial charge in [0.05, 0.1) is 5.56 Å². The van der Waals surface area contributed by atoms with E-state index < -0.39 is 11.9 Å². The summed E-state index contributed by atoms with van der Waals surface area (Å²) >= 11 is 0. The number of hydrogen-bond acceptors (Lipinski definition) is 5. The van der Waals surface area contributed by atoms with Crippen molar-refractivity contribution in [2.24, 2.45) is 0 Å². The van der Waals surface area contributed by atoms with Crippen LogP contribution < -0.4 is 4.90 Å². The number of hydrogen-bond donors (Lipinski definition) is 0. The van der Waals surface area contributed by atoms with E-state index in [2.05, 4.69) is 9.97 Å². The van der Waals surface area contributed by atoms with Crippen molar-refractivity contribution in [1.29, 1.82) is 0 Å². The van der Waals surface area contributed by atoms with Crippen LogP contribution in [-0.4, -0.2) is 47.0 Å². The number of carbonyl (C=O) groups is 1. The normalized spacial score (nSPS) is 15.6. The Kier molecular flexibility index (Phi) is 4.40. The third-order valence-corrected chi connectivity index (χ3v) is 4.11. The van der Waals surface area contributed by atoms with E-state index in [1.54, 1.807) is 29.7 Å². The molecule has 0 aliphatic carbocycles. The summed E-state index contributed by atoms with van der Waals surface area (Å²) in [5.41, 5.74) is -0.451. The van der Waals surface area contributed by atoms with Crippen LogP contribution in [0.15, 0.2) is 22.9 Å². The van der Waals surface area contributed by atoms with Crippen molar-refractivity contribution in [3.63, 3.8) is 0 Å². The minimum absolute atomic E-state index is 0.132. The average molecular weight is 354 g/mol. The molecule has 1 fully saturated rings. The third-order valence-electron chi connectivity index (χ3n) is 4.11. The number of piperazine rings is 1. The summed E-state index contributed by atoms with van der Waals surface area (Å²) in [6.45, 7) is 5.10. The molecule has 3 heterocycles. The number of halogens is 3. The zero-order valence-electron chi connectivity index (χ0n) is 13.8. The molecular weight excluding hydrogens is 337 g/mol. The summed E-state index contributed by atoms with van der Waals surface area (Å²) < 4.78 is 43.7. The van der Waals surface area contributed by atoms with E-state index in [4.69, 9.17) is 4.42 Å². The van der Waals surface area contributed by atoms with Crippen LogP contribution in [0.3, 0.4) is 0 Å². The van der Waals surface area contributed by atoms with Crippen LogP contribution in [0, 0.1) is 13.8 Å². The van der Waals surface area contributed by atoms with Gasteiger partial charge in [-0.2, -0.15) is 13.2 Å². The van der Waals surface area contributed by atoms with Crippen molar-refractivity contribution in [1.82, 2.24) is 14.9 Å². The predicted molar refractivity (Wildman–Crippen MR) is 83.3 cm³/mol. The number of nitrogens with zero attached hydrogens (tertiary/aromatic N) is 4. The van der Waals surface area contributed by atoms with E-state index in [9.17, 15) is 18.0 Å². The topological polar surface area (TPSA) is 62.5 Å². The van der Waals surface area contributed by atoms with Crippen LogP contribution in [0.2, 0.25) is 0 Å². The fourth-order valence-electron chi connectivity index (χ4n) is 2.83. The minimum Gasteiger partial charge on any atom is -0.466 e. The van der Waals surface area contributed by atoms with Crippen molar-refractivity contribution >= 4 is 11.7 Å². The summed E-state index contributed by atoms with van der Waals surface area (Å²) in [4.78, 5) is 23.1. The van der Waals surface area contributed by atoms with Gasteiger partial charge in [0.15, 0.2) is 0 Å². The van der Waals surface area contributed by atoms with Gasteiger partial charge in [0.2, 0.25) is 0 Å². The number of carbonyl (C=O) groups excluding carboxylic acids is 1. The van der Waals surface area contributed by atoms with E-state index in [-0.39, 0.29) is 11.7 Å². The molecule has 1 saturated heterocycles. The second-order valence-corrected chi connectivity index (χ2v) is 5.87. The second kappa shape index (κ2) is 6.38. The van der Waals surface area contributed by atoms with Gasteiger partial charge in [-0.15, -0.1) is 0 Å². The Morgan fingerprint density at radius 3 is 2.36 bits per heavy atom. The van der Waals surface area contributed by atoms with Crippen LogP contribution in [0.1, 0.15) is 27.6 Å². The molecule has 134 valence electrons. The highest BCUT2D eigenvalue weighted by atomic mass is 19.4. The zero-order chi connectivity index (χ0) is 18.2. The van der Waals surface area contributed by atoms with Gasteiger partial charge in [0.25, 0.3) is 5.91 Å². The molecule has 0 radical (unpaired) electrons. The fourth-order valence-corrected chi connectivity index (χ4v) is 2.83. The highest BCUT2D eigenvalue weighted by Gasteiger charge is 2.33. The second-order valence-electron chi connectivity index (χ2n) is 5.87. The Morgan fingerprint density at radius 1 is 1.12 bits per heavy atom. The third kappa shape index (κ3) is 3.59. The lowest BCUT2D eigenvalue weighted by molar-refractivity contribution is -0.141. The summed E-state index contributed by atoms with van der Waals surface area (Å²) in [6, 6.07) is 2.63. The number of alkyl halides is 3. The van der Waals surface area contributed by atoms with Gasteiger partial charge < -0.3 is 14.2 Å². The Hall–Kier alpha value is -2.58. The molecule has 2 aromatic heterocycles. The van der Waals surface area contributed by atoms with Gasteiger partial charge in [-0.3, -0.25) is 4.79 Å². The molecule has 0 saturated carbocycles. The van der Waals surface area contributed by atoms with Gasteiger partial charge >= 0.3 is 6.18 Å². The lowest BCUT2D eigenvalue weighted by Crippen LogP contribution is -2.49. The number of amides is 1. The van der Waals surface area contributed by atoms with Crippen molar-refractivity contribution in [2.75, 3.05) is 31.1 Å². The van der Waals surface area contributed by atoms with Gasteiger partial charge in [-0.1, -0.05) is 0 Å². The maximum Gasteiger partial charge on any atom is 0.433 e. The molecule has 25 heavy (non-hydrogen) atoms. The standard InChI is InChI=1S/C16H17F3N4O2/c1-10-7-12(11(2)25-10)15(24)23-5-3-22(4-6-23)14-8-13(16(17,18)19)20-9-21-14/h7-9H,3-6H2,1-2H3. The summed E-state index contributed by atoms with van der Waals surface area (Å²) in [5, 5.41) is 0. The maximum absolute atomic E-state index is 12.8. The van der Waals surface area contributed by atoms with E-state index in [1.807, 2.05) is 0 Å². The first-order valence-corrected chi connectivity index (χ1v) is 7.76. The van der Waals surface area contributed by atoms with Gasteiger partial charge in [-0.05, 0) is 19.9 Å². The molecule has 2 aromatic rings. The molecule has 0 atom stereocenters. The van der Waals surface area contributed by atoms with E-state index in [0.717, 1.165) is 12.4 Å². The maximum atomic E-state index is 12.8. The molecule has 0 bridgehead atoms. The quantitative estimate of drug-likeness (QED) is 0.830. The molecule has 6 nitrogen and oxygen atoms in total. The molecule has 0 spiro atoms. The van der Waals surface area contributed by atoms with E-state index in [1.165, 1.54) is 0 Å². The highest BCUT2D eigenvalue weighted by molar-refractivity contribution is 5.95. The molecule has 0 N–H and O–H groups in total. The minimum atomic E-state index is -4.51. The molecule has 3 rings (SSSR count). The smallest absolute Gasteiger partial charge is 0.433 e. The van der Waals surface area contributed by atoms with Gasteiger partial charge in [0, 0.05) is 32.2 Å². The number of rotatable bonds is 2. The van der Waals surface area contributed by atoms with Gasteiger partial charge in [0.1, 0.15) is 29.4 Å². The first-order chi connectivity index (χ1) is 11.8. The van der Waals surface area contributed by atoms with Crippen molar-refractivity contribution in [3.8, 4) is 0 Å². The van der Waals surface area contributed by atoms with Crippen LogP contribution in [-0.2, 0) is 6.18 Å². The number of aryl methyl sites for hydroxylation is 2. The van der Waals surface area contributed by atoms with Crippen LogP contribution in [0.4, 0.5) is 19.0 Å². The molecule has 1 aliphatic heterocycles. The number of furan rings is 1. The molecule has 0 unspecified atom stereocenters. The summed E-state index contributed by atoms with van der Waals surface area (Å²) in [7, 11) is 0. The highest BCUT2D eigenvalue weighted by Crippen LogP contribution is 2.29. The van der Waals surface area contributed by atoms with Crippen LogP contribution >= 0.6 is 0 Å². The number of aromatic nitrogens is 2. The number of anilines is 1. The molecule has 1 aliphatic rings. The molecule has 1 amide bonds. The summed E-state index contributed by atoms with van der Waals surface area (Å²) in [6.07, 6.45) is -3.60. The molecule has 9 heteroatoms. The first-order valence-electron chi connectivity index (χ1n) is 7.76. The SMILES string of the molecule is Cc1cc(C(=O)N2CCN(c3cc(C(F)(F)F)ncn3)CC2)c(C)o1. The molecule has 0 aromatic carbocycles. The van der Waals surface area contributed by atoms with Crippen molar-refractivity contribution < 1.29 is 22.4 Å². The fraction of sp³-hybridized carbons (Fsp3) is 0.438. The average Bonchev–Trinajstić information content (AvgIpc) is 2.92. The Balaban J connectivity index is 1.68. The van der Waals surface area contributed by atoms with Crippen molar-refractivity contribution in [2.45, 2.75) is 20.0 Å². The largest absolute Gasteiger partial charge is 0.466 e. The van der Waals surface area contributed by atoms with E-state index in [0.29, 0.717) is 43.3 Å². The lowest BCUT2D eigenvalue weighted by Gasteiger charge is -2.35. The van der Waals surface area contributed by atoms with Crippen LogP contribution in [0.25, 0.3) is 0 Å². The zero-order valence-corrected chi connectivity index (χ0v) is 13.8.